The van der Waals surface area contributed by atoms with Gasteiger partial charge in [0.05, 0.1) is 12.1 Å². The van der Waals surface area contributed by atoms with Crippen LogP contribution in [0.25, 0.3) is 0 Å². The molecule has 1 atom stereocenters. The average molecular weight is 459 g/mol. The van der Waals surface area contributed by atoms with E-state index in [4.69, 9.17) is 16.3 Å². The van der Waals surface area contributed by atoms with Crippen LogP contribution in [0.4, 0.5) is 5.69 Å². The van der Waals surface area contributed by atoms with Gasteiger partial charge in [0.1, 0.15) is 18.4 Å². The van der Waals surface area contributed by atoms with E-state index < -0.39 is 18.6 Å². The Morgan fingerprint density at radius 3 is 2.55 bits per heavy atom. The number of aliphatic hydroxyl groups is 1. The highest BCUT2D eigenvalue weighted by Crippen LogP contribution is 2.35. The number of aliphatic hydroxyl groups excluding tert-OH is 1. The second-order valence-electron chi connectivity index (χ2n) is 6.69. The van der Waals surface area contributed by atoms with E-state index in [9.17, 15) is 14.7 Å². The van der Waals surface area contributed by atoms with Crippen LogP contribution in [0.15, 0.2) is 66.0 Å². The van der Waals surface area contributed by atoms with Gasteiger partial charge >= 0.3 is 0 Å². The van der Waals surface area contributed by atoms with E-state index in [1.807, 2.05) is 41.8 Å². The van der Waals surface area contributed by atoms with Gasteiger partial charge in [-0.3, -0.25) is 14.5 Å². The SMILES string of the molecule is COc1ccc(N(C(=O)CO)C(C(=O)NCCc2ccccc2)c2cccs2)cc1Cl. The first kappa shape index (κ1) is 22.8. The summed E-state index contributed by atoms with van der Waals surface area (Å²) in [5.41, 5.74) is 1.49. The number of hydrogen-bond donors (Lipinski definition) is 2. The van der Waals surface area contributed by atoms with Gasteiger partial charge in [-0.15, -0.1) is 11.3 Å². The second kappa shape index (κ2) is 10.9. The topological polar surface area (TPSA) is 78.9 Å². The first-order valence-electron chi connectivity index (χ1n) is 9.66. The normalized spacial score (nSPS) is 11.6. The van der Waals surface area contributed by atoms with Gasteiger partial charge in [0.25, 0.3) is 5.91 Å². The maximum Gasteiger partial charge on any atom is 0.253 e. The smallest absolute Gasteiger partial charge is 0.253 e. The highest BCUT2D eigenvalue weighted by Gasteiger charge is 2.33. The number of thiophene rings is 1. The van der Waals surface area contributed by atoms with Crippen LogP contribution in [0.1, 0.15) is 16.5 Å². The summed E-state index contributed by atoms with van der Waals surface area (Å²) in [6, 6.07) is 17.3. The second-order valence-corrected chi connectivity index (χ2v) is 8.07. The number of rotatable bonds is 9. The van der Waals surface area contributed by atoms with Crippen LogP contribution in [0.3, 0.4) is 0 Å². The summed E-state index contributed by atoms with van der Waals surface area (Å²) in [4.78, 5) is 27.9. The fraction of sp³-hybridized carbons (Fsp3) is 0.217. The molecule has 1 aromatic heterocycles. The number of hydrogen-bond acceptors (Lipinski definition) is 5. The van der Waals surface area contributed by atoms with Crippen LogP contribution >= 0.6 is 22.9 Å². The van der Waals surface area contributed by atoms with Crippen molar-refractivity contribution in [2.24, 2.45) is 0 Å². The molecule has 0 aliphatic rings. The fourth-order valence-corrected chi connectivity index (χ4v) is 4.28. The summed E-state index contributed by atoms with van der Waals surface area (Å²) in [6.07, 6.45) is 0.659. The zero-order valence-electron chi connectivity index (χ0n) is 17.0. The Labute approximate surface area is 190 Å². The van der Waals surface area contributed by atoms with Crippen molar-refractivity contribution in [2.75, 3.05) is 25.2 Å². The van der Waals surface area contributed by atoms with Crippen molar-refractivity contribution in [3.05, 3.63) is 81.5 Å². The van der Waals surface area contributed by atoms with Crippen molar-refractivity contribution in [3.8, 4) is 5.75 Å². The Balaban J connectivity index is 1.89. The van der Waals surface area contributed by atoms with Crippen molar-refractivity contribution in [1.82, 2.24) is 5.32 Å². The van der Waals surface area contributed by atoms with Gasteiger partial charge < -0.3 is 15.2 Å². The third kappa shape index (κ3) is 5.64. The highest BCUT2D eigenvalue weighted by atomic mass is 35.5. The lowest BCUT2D eigenvalue weighted by Gasteiger charge is -2.30. The molecular weight excluding hydrogens is 436 g/mol. The average Bonchev–Trinajstić information content (AvgIpc) is 3.31. The van der Waals surface area contributed by atoms with Crippen LogP contribution in [0.5, 0.6) is 5.75 Å². The number of carbonyl (C=O) groups excluding carboxylic acids is 2. The van der Waals surface area contributed by atoms with Crippen LogP contribution in [-0.2, 0) is 16.0 Å². The molecule has 0 aliphatic heterocycles. The lowest BCUT2D eigenvalue weighted by molar-refractivity contribution is -0.127. The van der Waals surface area contributed by atoms with Crippen LogP contribution in [-0.4, -0.2) is 37.2 Å². The Kier molecular flexibility index (Phi) is 8.06. The minimum Gasteiger partial charge on any atom is -0.495 e. The largest absolute Gasteiger partial charge is 0.495 e. The van der Waals surface area contributed by atoms with E-state index >= 15 is 0 Å². The van der Waals surface area contributed by atoms with Gasteiger partial charge in [-0.25, -0.2) is 0 Å². The van der Waals surface area contributed by atoms with E-state index in [2.05, 4.69) is 5.32 Å². The number of halogens is 1. The predicted octanol–water partition coefficient (Wildman–Crippen LogP) is 3.84. The first-order chi connectivity index (χ1) is 15.0. The Hall–Kier alpha value is -2.87. The molecule has 0 saturated carbocycles. The Morgan fingerprint density at radius 1 is 1.16 bits per heavy atom. The standard InChI is InChI=1S/C23H23ClN2O4S/c1-30-19-10-9-17(14-18(19)24)26(21(28)15-27)22(20-8-5-13-31-20)23(29)25-12-11-16-6-3-2-4-7-16/h2-10,13-14,22,27H,11-12,15H2,1H3,(H,25,29). The molecule has 0 saturated heterocycles. The molecule has 8 heteroatoms. The van der Waals surface area contributed by atoms with Gasteiger partial charge in [-0.1, -0.05) is 48.0 Å². The number of ether oxygens (including phenoxy) is 1. The monoisotopic (exact) mass is 458 g/mol. The van der Waals surface area contributed by atoms with E-state index in [1.165, 1.54) is 23.3 Å². The molecule has 2 aromatic carbocycles. The molecule has 3 rings (SSSR count). The third-order valence-corrected chi connectivity index (χ3v) is 5.91. The number of benzene rings is 2. The summed E-state index contributed by atoms with van der Waals surface area (Å²) >= 11 is 7.62. The number of carbonyl (C=O) groups is 2. The molecule has 3 aromatic rings. The number of amides is 2. The lowest BCUT2D eigenvalue weighted by atomic mass is 10.1. The molecule has 1 heterocycles. The quantitative estimate of drug-likeness (QED) is 0.510. The van der Waals surface area contributed by atoms with Crippen molar-refractivity contribution in [3.63, 3.8) is 0 Å². The van der Waals surface area contributed by atoms with Gasteiger partial charge in [0.15, 0.2) is 0 Å². The van der Waals surface area contributed by atoms with E-state index in [1.54, 1.807) is 24.3 Å². The van der Waals surface area contributed by atoms with Crippen LogP contribution in [0, 0.1) is 0 Å². The molecule has 0 spiro atoms. The molecule has 2 N–H and O–H groups in total. The van der Waals surface area contributed by atoms with Gasteiger partial charge in [0, 0.05) is 17.1 Å². The third-order valence-electron chi connectivity index (χ3n) is 4.69. The van der Waals surface area contributed by atoms with Crippen molar-refractivity contribution >= 4 is 40.4 Å². The Bertz CT molecular complexity index is 1010. The summed E-state index contributed by atoms with van der Waals surface area (Å²) in [5.74, 6) is -0.508. The molecule has 2 amide bonds. The number of methoxy groups -OCH3 is 1. The molecule has 6 nitrogen and oxygen atoms in total. The van der Waals surface area contributed by atoms with Crippen molar-refractivity contribution < 1.29 is 19.4 Å². The fourth-order valence-electron chi connectivity index (χ4n) is 3.21. The van der Waals surface area contributed by atoms with Crippen molar-refractivity contribution in [1.29, 1.82) is 0 Å². The molecule has 0 radical (unpaired) electrons. The highest BCUT2D eigenvalue weighted by molar-refractivity contribution is 7.10. The summed E-state index contributed by atoms with van der Waals surface area (Å²) in [6.45, 7) is -0.335. The molecule has 31 heavy (non-hydrogen) atoms. The lowest BCUT2D eigenvalue weighted by Crippen LogP contribution is -2.45. The number of anilines is 1. The van der Waals surface area contributed by atoms with E-state index in [-0.39, 0.29) is 5.91 Å². The number of nitrogens with one attached hydrogen (secondary N) is 1. The molecule has 0 bridgehead atoms. The van der Waals surface area contributed by atoms with Crippen LogP contribution in [0.2, 0.25) is 5.02 Å². The van der Waals surface area contributed by atoms with Crippen LogP contribution < -0.4 is 15.0 Å². The maximum absolute atomic E-state index is 13.2. The zero-order valence-corrected chi connectivity index (χ0v) is 18.5. The molecular formula is C23H23ClN2O4S. The van der Waals surface area contributed by atoms with E-state index in [0.717, 1.165) is 5.56 Å². The van der Waals surface area contributed by atoms with Gasteiger partial charge in [0.2, 0.25) is 5.91 Å². The molecule has 0 aliphatic carbocycles. The molecule has 1 unspecified atom stereocenters. The molecule has 0 fully saturated rings. The van der Waals surface area contributed by atoms with Crippen molar-refractivity contribution in [2.45, 2.75) is 12.5 Å². The van der Waals surface area contributed by atoms with E-state index in [0.29, 0.717) is 34.3 Å². The first-order valence-corrected chi connectivity index (χ1v) is 10.9. The summed E-state index contributed by atoms with van der Waals surface area (Å²) in [7, 11) is 1.49. The molecule has 162 valence electrons. The minimum absolute atomic E-state index is 0.296. The van der Waals surface area contributed by atoms with Gasteiger partial charge in [-0.2, -0.15) is 0 Å². The zero-order chi connectivity index (χ0) is 22.2. The van der Waals surface area contributed by atoms with Gasteiger partial charge in [-0.05, 0) is 41.6 Å². The Morgan fingerprint density at radius 2 is 1.94 bits per heavy atom. The minimum atomic E-state index is -0.945. The maximum atomic E-state index is 13.2. The summed E-state index contributed by atoms with van der Waals surface area (Å²) < 4.78 is 5.18. The summed E-state index contributed by atoms with van der Waals surface area (Å²) in [5, 5.41) is 14.7. The predicted molar refractivity (Wildman–Crippen MR) is 123 cm³/mol. The number of nitrogens with zero attached hydrogens (tertiary/aromatic N) is 1.